The molecule has 0 aromatic carbocycles. The van der Waals surface area contributed by atoms with Crippen molar-refractivity contribution in [3.63, 3.8) is 0 Å². The largest absolute Gasteiger partial charge is 0.455 e. The van der Waals surface area contributed by atoms with Gasteiger partial charge in [0.1, 0.15) is 6.10 Å². The number of esters is 1. The van der Waals surface area contributed by atoms with Crippen molar-refractivity contribution in [3.8, 4) is 0 Å². The third-order valence-electron chi connectivity index (χ3n) is 10.1. The SMILES string of the molecule is C[C@H]1C=C(C[C@H](O)CCCCCCCCCC[C@@H](O)[C@H]2CC[C@H]([C@H]3CC[C@H]([C@H](O)CCCCCCCCCCO)O3)O2)C(=O)O1. The Morgan fingerprint density at radius 1 is 0.644 bits per heavy atom. The minimum absolute atomic E-state index is 0.0359. The molecule has 0 saturated carbocycles. The standard InChI is InChI=1S/C37H66O8/c1-28-26-29(37(42)43-28)27-30(39)18-14-10-6-2-3-7-11-15-19-31(40)33-21-23-35(44-33)36-24-22-34(45-36)32(41)20-16-12-8-4-5-9-13-17-25-38/h26,28,30-36,38-41H,2-25,27H2,1H3/t28-,30+,31+,32+,33+,34+,35+,36+/m0/s1. The van der Waals surface area contributed by atoms with Crippen LogP contribution in [0.1, 0.15) is 161 Å². The van der Waals surface area contributed by atoms with Crippen molar-refractivity contribution in [2.45, 2.75) is 210 Å². The molecule has 0 aromatic rings. The predicted octanol–water partition coefficient (Wildman–Crippen LogP) is 6.83. The molecule has 3 rings (SSSR count). The average Bonchev–Trinajstić information content (AvgIpc) is 3.77. The summed E-state index contributed by atoms with van der Waals surface area (Å²) < 4.78 is 17.6. The Hall–Kier alpha value is -1.03. The molecule has 8 atom stereocenters. The van der Waals surface area contributed by atoms with E-state index in [1.54, 1.807) is 0 Å². The van der Waals surface area contributed by atoms with Crippen LogP contribution in [0.3, 0.4) is 0 Å². The lowest BCUT2D eigenvalue weighted by Gasteiger charge is -2.24. The molecule has 45 heavy (non-hydrogen) atoms. The molecule has 0 bridgehead atoms. The summed E-state index contributed by atoms with van der Waals surface area (Å²) in [5.41, 5.74) is 0.613. The summed E-state index contributed by atoms with van der Waals surface area (Å²) in [5.74, 6) is -0.284. The Labute approximate surface area is 273 Å². The summed E-state index contributed by atoms with van der Waals surface area (Å²) in [6.07, 6.45) is 24.7. The zero-order chi connectivity index (χ0) is 32.3. The van der Waals surface area contributed by atoms with E-state index in [1.807, 2.05) is 13.0 Å². The number of aliphatic hydroxyl groups excluding tert-OH is 4. The molecular weight excluding hydrogens is 572 g/mol. The molecule has 0 aliphatic carbocycles. The van der Waals surface area contributed by atoms with E-state index in [-0.39, 0.29) is 36.5 Å². The molecule has 2 saturated heterocycles. The van der Waals surface area contributed by atoms with Crippen LogP contribution in [0.5, 0.6) is 0 Å². The third-order valence-corrected chi connectivity index (χ3v) is 10.1. The molecule has 0 radical (unpaired) electrons. The summed E-state index contributed by atoms with van der Waals surface area (Å²) >= 11 is 0. The topological polar surface area (TPSA) is 126 Å². The normalized spacial score (nSPS) is 27.1. The fourth-order valence-electron chi connectivity index (χ4n) is 7.32. The van der Waals surface area contributed by atoms with Crippen molar-refractivity contribution in [3.05, 3.63) is 11.6 Å². The van der Waals surface area contributed by atoms with Crippen LogP contribution < -0.4 is 0 Å². The number of hydrogen-bond donors (Lipinski definition) is 4. The highest BCUT2D eigenvalue weighted by molar-refractivity contribution is 5.90. The highest BCUT2D eigenvalue weighted by Gasteiger charge is 2.40. The molecule has 3 heterocycles. The molecule has 2 fully saturated rings. The van der Waals surface area contributed by atoms with Crippen LogP contribution >= 0.6 is 0 Å². The van der Waals surface area contributed by atoms with E-state index in [9.17, 15) is 20.1 Å². The van der Waals surface area contributed by atoms with Crippen molar-refractivity contribution in [2.24, 2.45) is 0 Å². The second-order valence-electron chi connectivity index (χ2n) is 14.1. The van der Waals surface area contributed by atoms with Crippen LogP contribution in [-0.2, 0) is 19.0 Å². The smallest absolute Gasteiger partial charge is 0.334 e. The van der Waals surface area contributed by atoms with E-state index in [0.717, 1.165) is 96.3 Å². The van der Waals surface area contributed by atoms with E-state index in [4.69, 9.17) is 19.3 Å². The fourth-order valence-corrected chi connectivity index (χ4v) is 7.32. The molecule has 8 heteroatoms. The molecular formula is C37H66O8. The number of carbonyl (C=O) groups is 1. The first-order valence-electron chi connectivity index (χ1n) is 18.7. The number of carbonyl (C=O) groups excluding carboxylic acids is 1. The lowest BCUT2D eigenvalue weighted by molar-refractivity contribution is -0.139. The Morgan fingerprint density at radius 2 is 1.07 bits per heavy atom. The van der Waals surface area contributed by atoms with Gasteiger partial charge >= 0.3 is 5.97 Å². The molecule has 262 valence electrons. The molecule has 0 unspecified atom stereocenters. The van der Waals surface area contributed by atoms with Crippen LogP contribution in [-0.4, -0.2) is 81.8 Å². The van der Waals surface area contributed by atoms with Gasteiger partial charge in [0, 0.05) is 18.6 Å². The first-order chi connectivity index (χ1) is 21.9. The van der Waals surface area contributed by atoms with Gasteiger partial charge in [-0.3, -0.25) is 0 Å². The highest BCUT2D eigenvalue weighted by Crippen LogP contribution is 2.34. The Kier molecular flexibility index (Phi) is 19.2. The van der Waals surface area contributed by atoms with Crippen LogP contribution in [0.4, 0.5) is 0 Å². The van der Waals surface area contributed by atoms with Crippen molar-refractivity contribution >= 4 is 5.97 Å². The number of ether oxygens (including phenoxy) is 3. The first kappa shape index (κ1) is 38.4. The summed E-state index contributed by atoms with van der Waals surface area (Å²) in [7, 11) is 0. The summed E-state index contributed by atoms with van der Waals surface area (Å²) in [6.45, 7) is 2.14. The molecule has 3 aliphatic heterocycles. The maximum atomic E-state index is 11.7. The summed E-state index contributed by atoms with van der Waals surface area (Å²) in [6, 6.07) is 0. The van der Waals surface area contributed by atoms with Gasteiger partial charge in [0.15, 0.2) is 0 Å². The monoisotopic (exact) mass is 638 g/mol. The van der Waals surface area contributed by atoms with Gasteiger partial charge in [0.25, 0.3) is 0 Å². The quantitative estimate of drug-likeness (QED) is 0.0600. The van der Waals surface area contributed by atoms with Crippen LogP contribution in [0, 0.1) is 0 Å². The highest BCUT2D eigenvalue weighted by atomic mass is 16.6. The molecule has 0 amide bonds. The van der Waals surface area contributed by atoms with E-state index >= 15 is 0 Å². The van der Waals surface area contributed by atoms with Gasteiger partial charge in [0.05, 0.1) is 42.7 Å². The van der Waals surface area contributed by atoms with Gasteiger partial charge in [-0.25, -0.2) is 4.79 Å². The number of hydrogen-bond acceptors (Lipinski definition) is 8. The van der Waals surface area contributed by atoms with Crippen molar-refractivity contribution in [1.29, 1.82) is 0 Å². The average molecular weight is 639 g/mol. The van der Waals surface area contributed by atoms with E-state index in [0.29, 0.717) is 18.6 Å². The van der Waals surface area contributed by atoms with Gasteiger partial charge in [-0.1, -0.05) is 96.3 Å². The second kappa shape index (κ2) is 22.5. The number of cyclic esters (lactones) is 1. The van der Waals surface area contributed by atoms with E-state index in [2.05, 4.69) is 0 Å². The number of unbranched alkanes of at least 4 members (excludes halogenated alkanes) is 14. The van der Waals surface area contributed by atoms with E-state index < -0.39 is 18.3 Å². The maximum Gasteiger partial charge on any atom is 0.334 e. The molecule has 8 nitrogen and oxygen atoms in total. The molecule has 0 spiro atoms. The molecule has 4 N–H and O–H groups in total. The third kappa shape index (κ3) is 15.2. The number of rotatable bonds is 26. The van der Waals surface area contributed by atoms with Crippen LogP contribution in [0.25, 0.3) is 0 Å². The van der Waals surface area contributed by atoms with Crippen LogP contribution in [0.2, 0.25) is 0 Å². The Bertz CT molecular complexity index is 818. The van der Waals surface area contributed by atoms with Gasteiger partial charge in [0.2, 0.25) is 0 Å². The van der Waals surface area contributed by atoms with Crippen LogP contribution in [0.15, 0.2) is 11.6 Å². The lowest BCUT2D eigenvalue weighted by Crippen LogP contribution is -2.33. The second-order valence-corrected chi connectivity index (χ2v) is 14.1. The minimum atomic E-state index is -0.468. The van der Waals surface area contributed by atoms with Crippen molar-refractivity contribution in [2.75, 3.05) is 6.61 Å². The minimum Gasteiger partial charge on any atom is -0.455 e. The Balaban J connectivity index is 1.12. The van der Waals surface area contributed by atoms with Gasteiger partial charge in [-0.15, -0.1) is 0 Å². The van der Waals surface area contributed by atoms with Gasteiger partial charge in [-0.05, 0) is 64.4 Å². The summed E-state index contributed by atoms with van der Waals surface area (Å²) in [5, 5.41) is 40.5. The van der Waals surface area contributed by atoms with Crippen molar-refractivity contribution < 1.29 is 39.4 Å². The first-order valence-corrected chi connectivity index (χ1v) is 18.7. The number of aliphatic hydroxyl groups is 4. The fraction of sp³-hybridized carbons (Fsp3) is 0.919. The van der Waals surface area contributed by atoms with Gasteiger partial charge < -0.3 is 34.6 Å². The predicted molar refractivity (Wildman–Crippen MR) is 177 cm³/mol. The molecule has 0 aromatic heterocycles. The zero-order valence-corrected chi connectivity index (χ0v) is 28.3. The molecule has 3 aliphatic rings. The van der Waals surface area contributed by atoms with E-state index in [1.165, 1.54) is 51.4 Å². The lowest BCUT2D eigenvalue weighted by atomic mass is 10.00. The summed E-state index contributed by atoms with van der Waals surface area (Å²) in [4.78, 5) is 11.7. The van der Waals surface area contributed by atoms with Gasteiger partial charge in [-0.2, -0.15) is 0 Å². The Morgan fingerprint density at radius 3 is 1.49 bits per heavy atom. The maximum absolute atomic E-state index is 11.7. The zero-order valence-electron chi connectivity index (χ0n) is 28.3. The van der Waals surface area contributed by atoms with Crippen molar-refractivity contribution in [1.82, 2.24) is 0 Å².